The highest BCUT2D eigenvalue weighted by molar-refractivity contribution is 6.02. The Morgan fingerprint density at radius 2 is 2.07 bits per heavy atom. The Balaban J connectivity index is 1.62. The first-order chi connectivity index (χ1) is 13.0. The van der Waals surface area contributed by atoms with Crippen LogP contribution in [-0.2, 0) is 9.59 Å². The molecule has 0 aromatic heterocycles. The van der Waals surface area contributed by atoms with E-state index in [0.717, 1.165) is 19.3 Å². The molecule has 0 spiro atoms. The lowest BCUT2D eigenvalue weighted by molar-refractivity contribution is -0.135. The van der Waals surface area contributed by atoms with Gasteiger partial charge in [0.05, 0.1) is 5.69 Å². The molecule has 2 aliphatic rings. The number of aliphatic hydroxyl groups excluding tert-OH is 1. The van der Waals surface area contributed by atoms with Crippen LogP contribution >= 0.6 is 0 Å². The van der Waals surface area contributed by atoms with E-state index in [9.17, 15) is 19.5 Å². The van der Waals surface area contributed by atoms with Crippen LogP contribution in [0.15, 0.2) is 18.2 Å². The van der Waals surface area contributed by atoms with Gasteiger partial charge in [-0.3, -0.25) is 14.4 Å². The molecule has 2 amide bonds. The Bertz CT molecular complexity index is 731. The molecule has 2 aliphatic heterocycles. The van der Waals surface area contributed by atoms with E-state index in [-0.39, 0.29) is 49.7 Å². The lowest BCUT2D eigenvalue weighted by atomic mass is 9.98. The van der Waals surface area contributed by atoms with E-state index in [1.54, 1.807) is 25.2 Å². The van der Waals surface area contributed by atoms with Crippen LogP contribution < -0.4 is 9.64 Å². The summed E-state index contributed by atoms with van der Waals surface area (Å²) < 4.78 is 5.37. The number of hydrogen-bond donors (Lipinski definition) is 1. The summed E-state index contributed by atoms with van der Waals surface area (Å²) in [5.74, 6) is 0.246. The Labute approximate surface area is 158 Å². The first-order valence-corrected chi connectivity index (χ1v) is 9.48. The fourth-order valence-electron chi connectivity index (χ4n) is 3.73. The second-order valence-electron chi connectivity index (χ2n) is 7.10. The van der Waals surface area contributed by atoms with Gasteiger partial charge in [0.15, 0.2) is 12.4 Å². The largest absolute Gasteiger partial charge is 0.482 e. The molecule has 146 valence electrons. The van der Waals surface area contributed by atoms with Crippen molar-refractivity contribution in [3.8, 4) is 5.75 Å². The number of piperidine rings is 1. The van der Waals surface area contributed by atoms with Crippen LogP contribution in [-0.4, -0.2) is 60.5 Å². The molecule has 0 saturated carbocycles. The third-order valence-corrected chi connectivity index (χ3v) is 5.34. The third kappa shape index (κ3) is 4.30. The van der Waals surface area contributed by atoms with E-state index in [1.165, 1.54) is 4.90 Å². The molecule has 0 bridgehead atoms. The SMILES string of the molecule is CN1C(=O)COc2ccc(C(=O)CCC(=O)N3CCCCC3CCO)cc21. The van der Waals surface area contributed by atoms with Crippen molar-refractivity contribution in [2.75, 3.05) is 31.7 Å². The maximum absolute atomic E-state index is 12.6. The van der Waals surface area contributed by atoms with Crippen molar-refractivity contribution in [2.45, 2.75) is 44.6 Å². The number of ketones is 1. The van der Waals surface area contributed by atoms with Gasteiger partial charge in [0, 0.05) is 44.6 Å². The molecule has 1 atom stereocenters. The number of fused-ring (bicyclic) bond motifs is 1. The van der Waals surface area contributed by atoms with Gasteiger partial charge in [-0.2, -0.15) is 0 Å². The Morgan fingerprint density at radius 1 is 1.26 bits per heavy atom. The summed E-state index contributed by atoms with van der Waals surface area (Å²) in [6.45, 7) is 0.758. The number of carbonyl (C=O) groups is 3. The summed E-state index contributed by atoms with van der Waals surface area (Å²) in [5, 5.41) is 9.19. The lowest BCUT2D eigenvalue weighted by Gasteiger charge is -2.35. The van der Waals surface area contributed by atoms with Gasteiger partial charge < -0.3 is 19.6 Å². The third-order valence-electron chi connectivity index (χ3n) is 5.34. The molecule has 0 radical (unpaired) electrons. The van der Waals surface area contributed by atoms with Gasteiger partial charge in [-0.15, -0.1) is 0 Å². The van der Waals surface area contributed by atoms with E-state index in [1.807, 2.05) is 4.90 Å². The predicted octanol–water partition coefficient (Wildman–Crippen LogP) is 1.77. The molecular weight excluding hydrogens is 348 g/mol. The van der Waals surface area contributed by atoms with Crippen LogP contribution in [0, 0.1) is 0 Å². The molecule has 1 aromatic carbocycles. The Morgan fingerprint density at radius 3 is 2.85 bits per heavy atom. The van der Waals surface area contributed by atoms with Crippen molar-refractivity contribution >= 4 is 23.3 Å². The van der Waals surface area contributed by atoms with Crippen LogP contribution in [0.1, 0.15) is 48.9 Å². The number of carbonyl (C=O) groups excluding carboxylic acids is 3. The summed E-state index contributed by atoms with van der Waals surface area (Å²) >= 11 is 0. The zero-order valence-electron chi connectivity index (χ0n) is 15.6. The number of ether oxygens (including phenoxy) is 1. The smallest absolute Gasteiger partial charge is 0.264 e. The van der Waals surface area contributed by atoms with Crippen LogP contribution in [0.4, 0.5) is 5.69 Å². The van der Waals surface area contributed by atoms with Crippen molar-refractivity contribution in [1.29, 1.82) is 0 Å². The zero-order valence-corrected chi connectivity index (χ0v) is 15.6. The van der Waals surface area contributed by atoms with Gasteiger partial charge in [0.25, 0.3) is 5.91 Å². The number of Topliss-reactive ketones (excluding diaryl/α,β-unsaturated/α-hetero) is 1. The highest BCUT2D eigenvalue weighted by Crippen LogP contribution is 2.32. The average molecular weight is 374 g/mol. The van der Waals surface area contributed by atoms with Gasteiger partial charge in [-0.05, 0) is 43.9 Å². The molecule has 7 heteroatoms. The fraction of sp³-hybridized carbons (Fsp3) is 0.550. The monoisotopic (exact) mass is 374 g/mol. The molecule has 1 saturated heterocycles. The average Bonchev–Trinajstić information content (AvgIpc) is 2.69. The quantitative estimate of drug-likeness (QED) is 0.767. The molecule has 27 heavy (non-hydrogen) atoms. The molecule has 1 unspecified atom stereocenters. The van der Waals surface area contributed by atoms with Crippen molar-refractivity contribution in [3.05, 3.63) is 23.8 Å². The maximum Gasteiger partial charge on any atom is 0.264 e. The summed E-state index contributed by atoms with van der Waals surface area (Å²) in [7, 11) is 1.65. The molecular formula is C20H26N2O5. The molecule has 1 N–H and O–H groups in total. The number of benzene rings is 1. The van der Waals surface area contributed by atoms with E-state index in [0.29, 0.717) is 30.0 Å². The van der Waals surface area contributed by atoms with Crippen LogP contribution in [0.3, 0.4) is 0 Å². The summed E-state index contributed by atoms with van der Waals surface area (Å²) in [4.78, 5) is 40.2. The minimum absolute atomic E-state index is 0.00383. The standard InChI is InChI=1S/C20H26N2O5/c1-21-16-12-14(5-7-18(16)27-13-20(21)26)17(24)6-8-19(25)22-10-3-2-4-15(22)9-11-23/h5,7,12,15,23H,2-4,6,8-11,13H2,1H3. The maximum atomic E-state index is 12.6. The van der Waals surface area contributed by atoms with Gasteiger partial charge in [0.1, 0.15) is 5.75 Å². The molecule has 1 fully saturated rings. The number of amides is 2. The van der Waals surface area contributed by atoms with Gasteiger partial charge in [0.2, 0.25) is 5.91 Å². The van der Waals surface area contributed by atoms with Crippen LogP contribution in [0.25, 0.3) is 0 Å². The summed E-state index contributed by atoms with van der Waals surface area (Å²) in [5.41, 5.74) is 1.04. The number of rotatable bonds is 6. The van der Waals surface area contributed by atoms with Crippen LogP contribution in [0.5, 0.6) is 5.75 Å². The molecule has 0 aliphatic carbocycles. The number of aliphatic hydroxyl groups is 1. The second kappa shape index (κ2) is 8.52. The first kappa shape index (κ1) is 19.4. The van der Waals surface area contributed by atoms with E-state index in [2.05, 4.69) is 0 Å². The number of anilines is 1. The highest BCUT2D eigenvalue weighted by atomic mass is 16.5. The lowest BCUT2D eigenvalue weighted by Crippen LogP contribution is -2.44. The minimum Gasteiger partial charge on any atom is -0.482 e. The van der Waals surface area contributed by atoms with Gasteiger partial charge in [-0.1, -0.05) is 0 Å². The molecule has 7 nitrogen and oxygen atoms in total. The number of hydrogen-bond acceptors (Lipinski definition) is 5. The van der Waals surface area contributed by atoms with Crippen molar-refractivity contribution in [2.24, 2.45) is 0 Å². The number of likely N-dealkylation sites (tertiary alicyclic amines) is 1. The zero-order chi connectivity index (χ0) is 19.4. The van der Waals surface area contributed by atoms with Gasteiger partial charge in [-0.25, -0.2) is 0 Å². The fourth-order valence-corrected chi connectivity index (χ4v) is 3.73. The molecule has 3 rings (SSSR count). The Kier molecular flexibility index (Phi) is 6.11. The molecule has 1 aromatic rings. The summed E-state index contributed by atoms with van der Waals surface area (Å²) in [6.07, 6.45) is 3.81. The minimum atomic E-state index is -0.165. The topological polar surface area (TPSA) is 87.2 Å². The van der Waals surface area contributed by atoms with Gasteiger partial charge >= 0.3 is 0 Å². The van der Waals surface area contributed by atoms with Crippen LogP contribution in [0.2, 0.25) is 0 Å². The first-order valence-electron chi connectivity index (χ1n) is 9.48. The highest BCUT2D eigenvalue weighted by Gasteiger charge is 2.27. The molecule has 2 heterocycles. The van der Waals surface area contributed by atoms with E-state index >= 15 is 0 Å². The Hall–Kier alpha value is -2.41. The van der Waals surface area contributed by atoms with E-state index in [4.69, 9.17) is 4.74 Å². The van der Waals surface area contributed by atoms with E-state index < -0.39 is 0 Å². The van der Waals surface area contributed by atoms with Crippen molar-refractivity contribution in [1.82, 2.24) is 4.90 Å². The van der Waals surface area contributed by atoms with Crippen molar-refractivity contribution < 1.29 is 24.2 Å². The second-order valence-corrected chi connectivity index (χ2v) is 7.10. The number of nitrogens with zero attached hydrogens (tertiary/aromatic N) is 2. The van der Waals surface area contributed by atoms with Crippen molar-refractivity contribution in [3.63, 3.8) is 0 Å². The summed E-state index contributed by atoms with van der Waals surface area (Å²) in [6, 6.07) is 5.08. The normalized spacial score (nSPS) is 19.5. The predicted molar refractivity (Wildman–Crippen MR) is 100.0 cm³/mol. The number of likely N-dealkylation sites (N-methyl/N-ethyl adjacent to an activating group) is 1.